The van der Waals surface area contributed by atoms with Gasteiger partial charge < -0.3 is 4.74 Å². The summed E-state index contributed by atoms with van der Waals surface area (Å²) in [6.07, 6.45) is 5.79. The summed E-state index contributed by atoms with van der Waals surface area (Å²) in [7, 11) is 1.61. The Morgan fingerprint density at radius 2 is 1.68 bits per heavy atom. The van der Waals surface area contributed by atoms with E-state index in [1.807, 2.05) is 36.4 Å². The number of benzene rings is 2. The highest BCUT2D eigenvalue weighted by Crippen LogP contribution is 2.41. The molecule has 1 fully saturated rings. The molecule has 0 heterocycles. The van der Waals surface area contributed by atoms with Crippen molar-refractivity contribution in [3.8, 4) is 0 Å². The fourth-order valence-electron chi connectivity index (χ4n) is 4.73. The zero-order chi connectivity index (χ0) is 19.9. The maximum absolute atomic E-state index is 15.0. The summed E-state index contributed by atoms with van der Waals surface area (Å²) < 4.78 is 20.5. The predicted molar refractivity (Wildman–Crippen MR) is 116 cm³/mol. The van der Waals surface area contributed by atoms with Crippen LogP contribution in [0.3, 0.4) is 0 Å². The molecule has 0 spiro atoms. The smallest absolute Gasteiger partial charge is 0.131 e. The van der Waals surface area contributed by atoms with Crippen molar-refractivity contribution in [3.63, 3.8) is 0 Å². The molecule has 150 valence electrons. The normalized spacial score (nSPS) is 23.0. The lowest BCUT2D eigenvalue weighted by atomic mass is 9.73. The van der Waals surface area contributed by atoms with E-state index in [0.29, 0.717) is 24.2 Å². The van der Waals surface area contributed by atoms with E-state index in [1.165, 1.54) is 36.8 Å². The van der Waals surface area contributed by atoms with Gasteiger partial charge in [-0.25, -0.2) is 4.39 Å². The highest BCUT2D eigenvalue weighted by molar-refractivity contribution is 5.47. The summed E-state index contributed by atoms with van der Waals surface area (Å²) in [5.74, 6) is 1.62. The summed E-state index contributed by atoms with van der Waals surface area (Å²) in [6, 6.07) is 18.5. The van der Waals surface area contributed by atoms with Gasteiger partial charge in [0.1, 0.15) is 12.3 Å². The number of hydrogen-bond acceptors (Lipinski definition) is 1. The average Bonchev–Trinajstić information content (AvgIpc) is 2.75. The van der Waals surface area contributed by atoms with Gasteiger partial charge in [-0.3, -0.25) is 0 Å². The van der Waals surface area contributed by atoms with Gasteiger partial charge in [-0.1, -0.05) is 74.2 Å². The summed E-state index contributed by atoms with van der Waals surface area (Å²) >= 11 is 0. The number of ether oxygens (including phenoxy) is 1. The van der Waals surface area contributed by atoms with Crippen molar-refractivity contribution in [2.24, 2.45) is 11.8 Å². The molecule has 2 heteroatoms. The lowest BCUT2D eigenvalue weighted by molar-refractivity contribution is 0.0154. The van der Waals surface area contributed by atoms with Gasteiger partial charge in [0.25, 0.3) is 0 Å². The minimum absolute atomic E-state index is 0.375. The Kier molecular flexibility index (Phi) is 7.44. The second-order valence-corrected chi connectivity index (χ2v) is 8.28. The van der Waals surface area contributed by atoms with Crippen LogP contribution in [0.1, 0.15) is 67.7 Å². The number of alkyl halides is 1. The molecule has 28 heavy (non-hydrogen) atoms. The van der Waals surface area contributed by atoms with Crippen LogP contribution >= 0.6 is 0 Å². The minimum atomic E-state index is -0.966. The fraction of sp³-hybridized carbons (Fsp3) is 0.462. The van der Waals surface area contributed by atoms with Gasteiger partial charge in [-0.05, 0) is 66.5 Å². The van der Waals surface area contributed by atoms with Gasteiger partial charge in [0.05, 0.1) is 0 Å². The molecular weight excluding hydrogens is 347 g/mol. The minimum Gasteiger partial charge on any atom is -0.374 e. The van der Waals surface area contributed by atoms with E-state index in [2.05, 4.69) is 37.8 Å². The zero-order valence-electron chi connectivity index (χ0n) is 17.2. The molecule has 1 aliphatic rings. The fourth-order valence-corrected chi connectivity index (χ4v) is 4.73. The highest BCUT2D eigenvalue weighted by Gasteiger charge is 2.30. The second-order valence-electron chi connectivity index (χ2n) is 8.28. The summed E-state index contributed by atoms with van der Waals surface area (Å²) in [5, 5.41) is 0. The first kappa shape index (κ1) is 20.8. The molecule has 0 N–H and O–H groups in total. The molecule has 0 radical (unpaired) electrons. The number of halogens is 1. The van der Waals surface area contributed by atoms with E-state index in [4.69, 9.17) is 4.74 Å². The highest BCUT2D eigenvalue weighted by atomic mass is 19.1. The van der Waals surface area contributed by atoms with E-state index in [9.17, 15) is 0 Å². The molecule has 3 rings (SSSR count). The first-order valence-electron chi connectivity index (χ1n) is 10.6. The molecule has 0 aliphatic heterocycles. The van der Waals surface area contributed by atoms with Crippen LogP contribution in [0, 0.1) is 11.8 Å². The third kappa shape index (κ3) is 5.11. The molecule has 0 saturated heterocycles. The largest absolute Gasteiger partial charge is 0.374 e. The molecule has 0 bridgehead atoms. The van der Waals surface area contributed by atoms with Crippen molar-refractivity contribution in [1.29, 1.82) is 0 Å². The predicted octanol–water partition coefficient (Wildman–Crippen LogP) is 7.36. The van der Waals surface area contributed by atoms with Crippen molar-refractivity contribution >= 4 is 6.08 Å². The Morgan fingerprint density at radius 1 is 1.04 bits per heavy atom. The third-order valence-electron chi connectivity index (χ3n) is 6.53. The molecule has 2 aromatic carbocycles. The lowest BCUT2D eigenvalue weighted by Crippen LogP contribution is -2.25. The number of methoxy groups -OCH3 is 1. The van der Waals surface area contributed by atoms with Gasteiger partial charge in [0, 0.05) is 7.11 Å². The van der Waals surface area contributed by atoms with Crippen LogP contribution in [0.4, 0.5) is 4.39 Å². The monoisotopic (exact) mass is 380 g/mol. The molecule has 3 atom stereocenters. The van der Waals surface area contributed by atoms with Gasteiger partial charge in [0.15, 0.2) is 0 Å². The van der Waals surface area contributed by atoms with Crippen LogP contribution < -0.4 is 0 Å². The van der Waals surface area contributed by atoms with Crippen LogP contribution in [0.5, 0.6) is 0 Å². The Hall–Kier alpha value is -1.93. The van der Waals surface area contributed by atoms with E-state index in [0.717, 1.165) is 5.56 Å². The maximum Gasteiger partial charge on any atom is 0.131 e. The van der Waals surface area contributed by atoms with Crippen LogP contribution in [0.2, 0.25) is 0 Å². The first-order valence-corrected chi connectivity index (χ1v) is 10.6. The van der Waals surface area contributed by atoms with Crippen molar-refractivity contribution in [2.45, 2.75) is 57.2 Å². The van der Waals surface area contributed by atoms with Crippen molar-refractivity contribution in [1.82, 2.24) is 0 Å². The van der Waals surface area contributed by atoms with Crippen LogP contribution in [0.25, 0.3) is 6.08 Å². The molecular formula is C26H33FO. The van der Waals surface area contributed by atoms with Crippen LogP contribution in [-0.4, -0.2) is 13.3 Å². The topological polar surface area (TPSA) is 9.23 Å². The molecule has 3 unspecified atom stereocenters. The molecule has 2 aromatic rings. The lowest BCUT2D eigenvalue weighted by Gasteiger charge is -2.34. The van der Waals surface area contributed by atoms with Gasteiger partial charge in [0.2, 0.25) is 0 Å². The average molecular weight is 381 g/mol. The second kappa shape index (κ2) is 10.0. The Labute approximate surface area is 169 Å². The van der Waals surface area contributed by atoms with Gasteiger partial charge in [-0.15, -0.1) is 0 Å². The van der Waals surface area contributed by atoms with E-state index in [-0.39, 0.29) is 0 Å². The summed E-state index contributed by atoms with van der Waals surface area (Å²) in [4.78, 5) is 0. The maximum atomic E-state index is 15.0. The van der Waals surface area contributed by atoms with Gasteiger partial charge >= 0.3 is 0 Å². The molecule has 1 aliphatic carbocycles. The molecule has 1 saturated carbocycles. The van der Waals surface area contributed by atoms with Gasteiger partial charge in [-0.2, -0.15) is 0 Å². The van der Waals surface area contributed by atoms with Crippen LogP contribution in [0.15, 0.2) is 61.2 Å². The summed E-state index contributed by atoms with van der Waals surface area (Å²) in [5.41, 5.74) is 3.53. The Morgan fingerprint density at radius 3 is 2.25 bits per heavy atom. The van der Waals surface area contributed by atoms with E-state index >= 15 is 4.39 Å². The Bertz CT molecular complexity index is 716. The first-order chi connectivity index (χ1) is 13.6. The summed E-state index contributed by atoms with van der Waals surface area (Å²) in [6.45, 7) is 6.04. The van der Waals surface area contributed by atoms with Crippen LogP contribution in [-0.2, 0) is 4.74 Å². The van der Waals surface area contributed by atoms with E-state index < -0.39 is 12.3 Å². The van der Waals surface area contributed by atoms with Crippen molar-refractivity contribution in [2.75, 3.05) is 7.11 Å². The van der Waals surface area contributed by atoms with Crippen molar-refractivity contribution < 1.29 is 9.13 Å². The molecule has 1 nitrogen and oxygen atoms in total. The molecule has 0 aromatic heterocycles. The zero-order valence-corrected chi connectivity index (χ0v) is 17.2. The standard InChI is InChI=1S/C26H33FO/c1-4-20-10-12-22(13-11-20)23-16-14-21(15-17-23)19(2)18-25(27)26(28-3)24-8-6-5-7-9-24/h4-13,19,21,23,25-26H,1,14-18H2,2-3H3. The number of rotatable bonds is 8. The Balaban J connectivity index is 1.52. The third-order valence-corrected chi connectivity index (χ3v) is 6.53. The van der Waals surface area contributed by atoms with Crippen molar-refractivity contribution in [3.05, 3.63) is 77.9 Å². The van der Waals surface area contributed by atoms with E-state index in [1.54, 1.807) is 7.11 Å². The molecule has 0 amide bonds. The quantitative estimate of drug-likeness (QED) is 0.465. The number of hydrogen-bond donors (Lipinski definition) is 0. The SMILES string of the molecule is C=Cc1ccc(C2CCC(C(C)CC(F)C(OC)c3ccccc3)CC2)cc1.